The summed E-state index contributed by atoms with van der Waals surface area (Å²) in [5, 5.41) is 3.62. The average molecular weight is 254 g/mol. The van der Waals surface area contributed by atoms with Crippen LogP contribution in [0.15, 0.2) is 0 Å². The summed E-state index contributed by atoms with van der Waals surface area (Å²) in [6.07, 6.45) is 6.78. The lowest BCUT2D eigenvalue weighted by molar-refractivity contribution is 0.0293. The van der Waals surface area contributed by atoms with Crippen LogP contribution in [-0.4, -0.2) is 36.1 Å². The van der Waals surface area contributed by atoms with Crippen molar-refractivity contribution >= 4 is 0 Å². The second-order valence-electron chi connectivity index (χ2n) is 6.32. The summed E-state index contributed by atoms with van der Waals surface area (Å²) in [6.45, 7) is 14.0. The second-order valence-corrected chi connectivity index (χ2v) is 6.32. The molecular weight excluding hydrogens is 220 g/mol. The molecule has 0 aromatic carbocycles. The Morgan fingerprint density at radius 2 is 1.89 bits per heavy atom. The van der Waals surface area contributed by atoms with Gasteiger partial charge < -0.3 is 5.32 Å². The van der Waals surface area contributed by atoms with Gasteiger partial charge in [0.1, 0.15) is 0 Å². The van der Waals surface area contributed by atoms with E-state index in [1.54, 1.807) is 0 Å². The molecule has 1 aliphatic carbocycles. The lowest BCUT2D eigenvalue weighted by Crippen LogP contribution is -2.54. The maximum absolute atomic E-state index is 3.62. The predicted octanol–water partition coefficient (Wildman–Crippen LogP) is 3.66. The third kappa shape index (κ3) is 4.55. The highest BCUT2D eigenvalue weighted by atomic mass is 15.2. The average Bonchev–Trinajstić information content (AvgIpc) is 2.31. The molecule has 108 valence electrons. The van der Waals surface area contributed by atoms with Crippen molar-refractivity contribution in [3.63, 3.8) is 0 Å². The molecule has 0 radical (unpaired) electrons. The van der Waals surface area contributed by atoms with Gasteiger partial charge in [0.2, 0.25) is 0 Å². The molecule has 1 N–H and O–H groups in total. The van der Waals surface area contributed by atoms with Crippen molar-refractivity contribution in [3.05, 3.63) is 0 Å². The fourth-order valence-electron chi connectivity index (χ4n) is 2.90. The van der Waals surface area contributed by atoms with E-state index in [1.165, 1.54) is 45.2 Å². The Kier molecular flexibility index (Phi) is 7.25. The summed E-state index contributed by atoms with van der Waals surface area (Å²) in [5.74, 6) is 0.887. The van der Waals surface area contributed by atoms with Gasteiger partial charge in [0.15, 0.2) is 0 Å². The molecule has 0 aliphatic heterocycles. The van der Waals surface area contributed by atoms with Crippen LogP contribution in [0.3, 0.4) is 0 Å². The summed E-state index contributed by atoms with van der Waals surface area (Å²) in [5.41, 5.74) is 0. The van der Waals surface area contributed by atoms with Crippen LogP contribution in [0.2, 0.25) is 0 Å². The zero-order chi connectivity index (χ0) is 13.5. The largest absolute Gasteiger partial charge is 0.314 e. The topological polar surface area (TPSA) is 15.3 Å². The van der Waals surface area contributed by atoms with Gasteiger partial charge >= 0.3 is 0 Å². The zero-order valence-corrected chi connectivity index (χ0v) is 13.2. The summed E-state index contributed by atoms with van der Waals surface area (Å²) in [7, 11) is 0. The Hall–Kier alpha value is -0.0800. The van der Waals surface area contributed by atoms with Gasteiger partial charge in [-0.2, -0.15) is 0 Å². The maximum atomic E-state index is 3.62. The van der Waals surface area contributed by atoms with Gasteiger partial charge in [-0.1, -0.05) is 34.1 Å². The van der Waals surface area contributed by atoms with E-state index in [4.69, 9.17) is 0 Å². The summed E-state index contributed by atoms with van der Waals surface area (Å²) < 4.78 is 0. The van der Waals surface area contributed by atoms with E-state index in [0.717, 1.165) is 18.0 Å². The van der Waals surface area contributed by atoms with Crippen LogP contribution in [0.5, 0.6) is 0 Å². The Balaban J connectivity index is 2.45. The van der Waals surface area contributed by atoms with Crippen LogP contribution in [0.25, 0.3) is 0 Å². The molecule has 0 heterocycles. The van der Waals surface area contributed by atoms with E-state index >= 15 is 0 Å². The molecule has 2 heteroatoms. The van der Waals surface area contributed by atoms with Crippen molar-refractivity contribution in [2.45, 2.75) is 84.8 Å². The van der Waals surface area contributed by atoms with Crippen molar-refractivity contribution in [3.8, 4) is 0 Å². The molecule has 0 aromatic heterocycles. The van der Waals surface area contributed by atoms with Crippen molar-refractivity contribution in [1.29, 1.82) is 0 Å². The number of hydrogen-bond donors (Lipinski definition) is 1. The molecule has 0 amide bonds. The lowest BCUT2D eigenvalue weighted by atomic mass is 9.77. The molecule has 1 aliphatic rings. The minimum atomic E-state index is 0.624. The number of rotatable bonds is 9. The molecule has 0 aromatic rings. The summed E-state index contributed by atoms with van der Waals surface area (Å²) in [6, 6.07) is 2.22. The highest BCUT2D eigenvalue weighted by molar-refractivity contribution is 4.92. The monoisotopic (exact) mass is 254 g/mol. The Morgan fingerprint density at radius 3 is 2.33 bits per heavy atom. The number of nitrogens with zero attached hydrogens (tertiary/aromatic N) is 1. The van der Waals surface area contributed by atoms with E-state index in [9.17, 15) is 0 Å². The third-order valence-electron chi connectivity index (χ3n) is 4.52. The molecular formula is C16H34N2. The smallest absolute Gasteiger partial charge is 0.0139 e. The zero-order valence-electron chi connectivity index (χ0n) is 13.2. The van der Waals surface area contributed by atoms with Crippen LogP contribution in [0.1, 0.15) is 66.7 Å². The van der Waals surface area contributed by atoms with Gasteiger partial charge in [-0.25, -0.2) is 0 Å². The normalized spacial score (nSPS) is 25.5. The molecule has 1 fully saturated rings. The first-order valence-electron chi connectivity index (χ1n) is 8.09. The predicted molar refractivity (Wildman–Crippen MR) is 81.0 cm³/mol. The van der Waals surface area contributed by atoms with Gasteiger partial charge in [-0.15, -0.1) is 0 Å². The Bertz CT molecular complexity index is 215. The van der Waals surface area contributed by atoms with Crippen molar-refractivity contribution in [2.75, 3.05) is 13.1 Å². The lowest BCUT2D eigenvalue weighted by Gasteiger charge is -2.47. The molecule has 0 spiro atoms. The number of hydrogen-bond acceptors (Lipinski definition) is 2. The van der Waals surface area contributed by atoms with Gasteiger partial charge in [0, 0.05) is 18.1 Å². The van der Waals surface area contributed by atoms with Crippen LogP contribution >= 0.6 is 0 Å². The highest BCUT2D eigenvalue weighted by Gasteiger charge is 2.36. The van der Waals surface area contributed by atoms with Gasteiger partial charge in [0.25, 0.3) is 0 Å². The quantitative estimate of drug-likeness (QED) is 0.675. The second kappa shape index (κ2) is 8.16. The summed E-state index contributed by atoms with van der Waals surface area (Å²) >= 11 is 0. The van der Waals surface area contributed by atoms with Crippen LogP contribution in [0.4, 0.5) is 0 Å². The van der Waals surface area contributed by atoms with Crippen LogP contribution in [0, 0.1) is 5.92 Å². The Morgan fingerprint density at radius 1 is 1.17 bits per heavy atom. The molecule has 3 atom stereocenters. The van der Waals surface area contributed by atoms with E-state index in [2.05, 4.69) is 44.8 Å². The minimum Gasteiger partial charge on any atom is -0.314 e. The first-order valence-corrected chi connectivity index (χ1v) is 8.09. The summed E-state index contributed by atoms with van der Waals surface area (Å²) in [4.78, 5) is 2.79. The van der Waals surface area contributed by atoms with E-state index in [1.807, 2.05) is 0 Å². The van der Waals surface area contributed by atoms with Crippen molar-refractivity contribution in [1.82, 2.24) is 10.2 Å². The molecule has 18 heavy (non-hydrogen) atoms. The third-order valence-corrected chi connectivity index (χ3v) is 4.52. The van der Waals surface area contributed by atoms with E-state index < -0.39 is 0 Å². The first-order chi connectivity index (χ1) is 8.60. The SMILES string of the molecule is CCCCN(C(C)CC)C1CCC1CNC(C)C. The fourth-order valence-corrected chi connectivity index (χ4v) is 2.90. The van der Waals surface area contributed by atoms with E-state index in [0.29, 0.717) is 6.04 Å². The fraction of sp³-hybridized carbons (Fsp3) is 1.00. The van der Waals surface area contributed by atoms with Crippen LogP contribution in [-0.2, 0) is 0 Å². The first kappa shape index (κ1) is 16.0. The molecule has 3 unspecified atom stereocenters. The van der Waals surface area contributed by atoms with Crippen molar-refractivity contribution < 1.29 is 0 Å². The van der Waals surface area contributed by atoms with Gasteiger partial charge in [0.05, 0.1) is 0 Å². The molecule has 1 saturated carbocycles. The van der Waals surface area contributed by atoms with Crippen molar-refractivity contribution in [2.24, 2.45) is 5.92 Å². The minimum absolute atomic E-state index is 0.624. The van der Waals surface area contributed by atoms with Gasteiger partial charge in [-0.05, 0) is 51.6 Å². The Labute approximate surface area is 115 Å². The molecule has 2 nitrogen and oxygen atoms in total. The highest BCUT2D eigenvalue weighted by Crippen LogP contribution is 2.33. The van der Waals surface area contributed by atoms with E-state index in [-0.39, 0.29) is 0 Å². The van der Waals surface area contributed by atoms with Crippen LogP contribution < -0.4 is 5.32 Å². The molecule has 0 bridgehead atoms. The number of unbranched alkanes of at least 4 members (excludes halogenated alkanes) is 1. The molecule has 0 saturated heterocycles. The van der Waals surface area contributed by atoms with Gasteiger partial charge in [-0.3, -0.25) is 4.90 Å². The molecule has 1 rings (SSSR count). The maximum Gasteiger partial charge on any atom is 0.0139 e. The standard InChI is InChI=1S/C16H34N2/c1-6-8-11-18(14(5)7-2)16-10-9-15(16)12-17-13(3)4/h13-17H,6-12H2,1-5H3. The number of nitrogens with one attached hydrogen (secondary N) is 1.